The number of pyridine rings is 1. The van der Waals surface area contributed by atoms with E-state index in [1.54, 1.807) is 0 Å². The summed E-state index contributed by atoms with van der Waals surface area (Å²) in [5.74, 6) is 0. The van der Waals surface area contributed by atoms with Crippen LogP contribution in [0.5, 0.6) is 0 Å². The zero-order chi connectivity index (χ0) is 36.3. The molecule has 0 spiro atoms. The van der Waals surface area contributed by atoms with Gasteiger partial charge in [0, 0.05) is 34.5 Å². The number of anilines is 3. The van der Waals surface area contributed by atoms with E-state index in [1.165, 1.54) is 77.2 Å². The molecule has 0 radical (unpaired) electrons. The zero-order valence-electron chi connectivity index (χ0n) is 30.0. The molecule has 1 aliphatic rings. The van der Waals surface area contributed by atoms with Crippen LogP contribution in [-0.4, -0.2) is 4.98 Å². The predicted molar refractivity (Wildman–Crippen MR) is 232 cm³/mol. The maximum atomic E-state index is 4.39. The Hall–Kier alpha value is -7.29. The third-order valence-corrected chi connectivity index (χ3v) is 11.3. The lowest BCUT2D eigenvalue weighted by Crippen LogP contribution is -2.10. The van der Waals surface area contributed by atoms with E-state index in [1.807, 2.05) is 12.4 Å². The molecule has 2 heteroatoms. The number of rotatable bonds is 6. The van der Waals surface area contributed by atoms with Crippen molar-refractivity contribution in [3.05, 3.63) is 207 Å². The summed E-state index contributed by atoms with van der Waals surface area (Å²) in [6.45, 7) is 0. The third-order valence-electron chi connectivity index (χ3n) is 11.3. The van der Waals surface area contributed by atoms with Crippen LogP contribution in [0.15, 0.2) is 207 Å². The van der Waals surface area contributed by atoms with Crippen LogP contribution in [0, 0.1) is 0 Å². The summed E-state index contributed by atoms with van der Waals surface area (Å²) in [7, 11) is 0. The Morgan fingerprint density at radius 2 is 0.873 bits per heavy atom. The fourth-order valence-corrected chi connectivity index (χ4v) is 8.96. The first kappa shape index (κ1) is 31.3. The highest BCUT2D eigenvalue weighted by molar-refractivity contribution is 6.28. The molecule has 0 amide bonds. The molecule has 0 aliphatic heterocycles. The van der Waals surface area contributed by atoms with Gasteiger partial charge < -0.3 is 4.90 Å². The van der Waals surface area contributed by atoms with Crippen LogP contribution >= 0.6 is 0 Å². The van der Waals surface area contributed by atoms with Gasteiger partial charge in [0.05, 0.1) is 5.69 Å². The van der Waals surface area contributed by atoms with E-state index in [4.69, 9.17) is 0 Å². The van der Waals surface area contributed by atoms with Crippen molar-refractivity contribution in [1.29, 1.82) is 0 Å². The van der Waals surface area contributed by atoms with E-state index in [0.717, 1.165) is 27.8 Å². The highest BCUT2D eigenvalue weighted by Crippen LogP contribution is 2.58. The molecule has 55 heavy (non-hydrogen) atoms. The second-order valence-electron chi connectivity index (χ2n) is 14.3. The van der Waals surface area contributed by atoms with E-state index in [-0.39, 0.29) is 0 Å². The highest BCUT2D eigenvalue weighted by atomic mass is 15.1. The number of hydrogen-bond acceptors (Lipinski definition) is 2. The Labute approximate surface area is 320 Å². The average molecular weight is 699 g/mol. The second-order valence-corrected chi connectivity index (χ2v) is 14.3. The molecule has 0 N–H and O–H groups in total. The van der Waals surface area contributed by atoms with Crippen molar-refractivity contribution in [3.63, 3.8) is 0 Å². The topological polar surface area (TPSA) is 16.1 Å². The molecule has 0 unspecified atom stereocenters. The van der Waals surface area contributed by atoms with Gasteiger partial charge in [0.1, 0.15) is 0 Å². The molecule has 0 saturated carbocycles. The van der Waals surface area contributed by atoms with Crippen molar-refractivity contribution in [2.24, 2.45) is 0 Å². The summed E-state index contributed by atoms with van der Waals surface area (Å²) in [4.78, 5) is 6.74. The summed E-state index contributed by atoms with van der Waals surface area (Å²) in [6.07, 6.45) is 3.81. The van der Waals surface area contributed by atoms with Crippen molar-refractivity contribution in [3.8, 4) is 55.6 Å². The smallest absolute Gasteiger partial charge is 0.0541 e. The maximum absolute atomic E-state index is 4.39. The fraction of sp³-hybridized carbons (Fsp3) is 0. The molecule has 256 valence electrons. The van der Waals surface area contributed by atoms with Gasteiger partial charge in [-0.1, -0.05) is 158 Å². The van der Waals surface area contributed by atoms with Crippen LogP contribution < -0.4 is 4.90 Å². The molecule has 11 rings (SSSR count). The van der Waals surface area contributed by atoms with Gasteiger partial charge in [-0.3, -0.25) is 4.98 Å². The molecular formula is C53H34N2. The molecule has 2 nitrogen and oxygen atoms in total. The van der Waals surface area contributed by atoms with Gasteiger partial charge >= 0.3 is 0 Å². The Morgan fingerprint density at radius 3 is 1.55 bits per heavy atom. The van der Waals surface area contributed by atoms with Crippen molar-refractivity contribution in [1.82, 2.24) is 4.98 Å². The van der Waals surface area contributed by atoms with Crippen molar-refractivity contribution >= 4 is 49.4 Å². The van der Waals surface area contributed by atoms with Crippen LogP contribution in [0.25, 0.3) is 88.0 Å². The van der Waals surface area contributed by atoms with Gasteiger partial charge in [0.25, 0.3) is 0 Å². The van der Waals surface area contributed by atoms with Gasteiger partial charge in [-0.05, 0) is 114 Å². The van der Waals surface area contributed by atoms with Crippen LogP contribution in [0.1, 0.15) is 0 Å². The quantitative estimate of drug-likeness (QED) is 0.172. The van der Waals surface area contributed by atoms with Crippen LogP contribution in [0.2, 0.25) is 0 Å². The van der Waals surface area contributed by atoms with E-state index < -0.39 is 0 Å². The number of para-hydroxylation sites is 1. The van der Waals surface area contributed by atoms with Crippen LogP contribution in [-0.2, 0) is 0 Å². The summed E-state index contributed by atoms with van der Waals surface area (Å²) in [5, 5.41) is 7.41. The van der Waals surface area contributed by atoms with E-state index >= 15 is 0 Å². The van der Waals surface area contributed by atoms with Crippen molar-refractivity contribution < 1.29 is 0 Å². The Bertz CT molecular complexity index is 2960. The summed E-state index contributed by atoms with van der Waals surface area (Å²) in [6, 6.07) is 70.6. The van der Waals surface area contributed by atoms with Crippen LogP contribution in [0.4, 0.5) is 17.1 Å². The lowest BCUT2D eigenvalue weighted by molar-refractivity contribution is 1.29. The number of hydrogen-bond donors (Lipinski definition) is 0. The molecule has 0 bridgehead atoms. The molecule has 0 atom stereocenters. The van der Waals surface area contributed by atoms with E-state index in [2.05, 4.69) is 204 Å². The average Bonchev–Trinajstić information content (AvgIpc) is 3.59. The summed E-state index contributed by atoms with van der Waals surface area (Å²) in [5.41, 5.74) is 16.1. The summed E-state index contributed by atoms with van der Waals surface area (Å²) < 4.78 is 0. The predicted octanol–water partition coefficient (Wildman–Crippen LogP) is 14.7. The van der Waals surface area contributed by atoms with Gasteiger partial charge in [0.2, 0.25) is 0 Å². The fourth-order valence-electron chi connectivity index (χ4n) is 8.96. The zero-order valence-corrected chi connectivity index (χ0v) is 30.0. The Balaban J connectivity index is 1.12. The molecule has 10 aromatic rings. The number of fused-ring (bicyclic) bond motifs is 5. The van der Waals surface area contributed by atoms with E-state index in [0.29, 0.717) is 0 Å². The minimum absolute atomic E-state index is 1.10. The van der Waals surface area contributed by atoms with Crippen molar-refractivity contribution in [2.75, 3.05) is 4.90 Å². The Kier molecular flexibility index (Phi) is 7.21. The molecule has 1 aliphatic carbocycles. The monoisotopic (exact) mass is 698 g/mol. The minimum Gasteiger partial charge on any atom is -0.310 e. The summed E-state index contributed by atoms with van der Waals surface area (Å²) >= 11 is 0. The van der Waals surface area contributed by atoms with Gasteiger partial charge in [-0.25, -0.2) is 0 Å². The first-order valence-electron chi connectivity index (χ1n) is 18.9. The largest absolute Gasteiger partial charge is 0.310 e. The van der Waals surface area contributed by atoms with E-state index in [9.17, 15) is 0 Å². The molecule has 9 aromatic carbocycles. The van der Waals surface area contributed by atoms with Gasteiger partial charge in [0.15, 0.2) is 0 Å². The lowest BCUT2D eigenvalue weighted by atomic mass is 9.82. The third kappa shape index (κ3) is 4.92. The SMILES string of the molecule is c1ccc(-c2c3c(c(-c4ccccc4)c4ccccc24)-c2ccc(-c4ccc(N(c5ccccc5)c5cccc6cnccc56)cc4)c4cccc-3c24)cc1. The van der Waals surface area contributed by atoms with Crippen LogP contribution in [0.3, 0.4) is 0 Å². The first-order valence-corrected chi connectivity index (χ1v) is 18.9. The molecular weight excluding hydrogens is 665 g/mol. The second kappa shape index (κ2) is 12.7. The molecule has 1 aromatic heterocycles. The minimum atomic E-state index is 1.10. The maximum Gasteiger partial charge on any atom is 0.0541 e. The van der Waals surface area contributed by atoms with Crippen molar-refractivity contribution in [2.45, 2.75) is 0 Å². The number of nitrogens with zero attached hydrogens (tertiary/aromatic N) is 2. The normalized spacial score (nSPS) is 11.6. The molecule has 1 heterocycles. The van der Waals surface area contributed by atoms with Gasteiger partial charge in [-0.2, -0.15) is 0 Å². The standard InChI is InChI=1S/C53H34N2/c1-4-14-36(15-5-1)49-44-21-10-11-22-45(44)50(37-16-6-2-7-17-37)53-47-31-30-41(43-23-13-24-46(51(43)47)52(49)53)35-26-28-40(29-27-35)55(39-19-8-3-9-20-39)48-25-12-18-38-34-54-33-32-42(38)48/h1-34H. The first-order chi connectivity index (χ1) is 27.3. The number of aromatic nitrogens is 1. The lowest BCUT2D eigenvalue weighted by Gasteiger charge is -2.27. The molecule has 0 fully saturated rings. The Morgan fingerprint density at radius 1 is 0.327 bits per heavy atom. The number of benzene rings is 9. The highest BCUT2D eigenvalue weighted by Gasteiger charge is 2.31. The van der Waals surface area contributed by atoms with Gasteiger partial charge in [-0.15, -0.1) is 0 Å². The molecule has 0 saturated heterocycles.